The van der Waals surface area contributed by atoms with Crippen LogP contribution in [0.15, 0.2) is 39.5 Å². The Balaban J connectivity index is 0.00000450. The van der Waals surface area contributed by atoms with Gasteiger partial charge < -0.3 is 10.6 Å². The number of aryl methyl sites for hydroxylation is 1. The number of aliphatic imine (C=N–C) groups is 1. The van der Waals surface area contributed by atoms with Crippen LogP contribution in [0.25, 0.3) is 0 Å². The van der Waals surface area contributed by atoms with Crippen LogP contribution < -0.4 is 10.6 Å². The van der Waals surface area contributed by atoms with E-state index in [2.05, 4.69) is 15.6 Å². The summed E-state index contributed by atoms with van der Waals surface area (Å²) in [5.41, 5.74) is 1.45. The minimum Gasteiger partial charge on any atom is -0.356 e. The molecule has 10 heteroatoms. The molecule has 0 unspecified atom stereocenters. The predicted molar refractivity (Wildman–Crippen MR) is 133 cm³/mol. The van der Waals surface area contributed by atoms with Crippen molar-refractivity contribution in [3.8, 4) is 0 Å². The van der Waals surface area contributed by atoms with Gasteiger partial charge in [-0.05, 0) is 42.7 Å². The Labute approximate surface area is 200 Å². The van der Waals surface area contributed by atoms with Crippen LogP contribution in [0.5, 0.6) is 0 Å². The molecule has 30 heavy (non-hydrogen) atoms. The standard InChI is InChI=1S/C20H29FN4O2S2.HI/c1-5-25(6-2)29(26,27)19-10-9-17(28-19)11-12-23-20(22-4)24-14-16-8-7-15(3)18(21)13-16;/h7-10,13H,5-6,11-12,14H2,1-4H3,(H2,22,23,24);1H. The minimum absolute atomic E-state index is 0. The molecule has 0 radical (unpaired) electrons. The van der Waals surface area contributed by atoms with Gasteiger partial charge in [0.15, 0.2) is 5.96 Å². The second-order valence-corrected chi connectivity index (χ2v) is 9.83. The third kappa shape index (κ3) is 7.17. The van der Waals surface area contributed by atoms with E-state index in [1.807, 2.05) is 26.0 Å². The van der Waals surface area contributed by atoms with Crippen LogP contribution in [0, 0.1) is 12.7 Å². The van der Waals surface area contributed by atoms with Gasteiger partial charge in [-0.25, -0.2) is 12.8 Å². The van der Waals surface area contributed by atoms with Crippen LogP contribution in [0.1, 0.15) is 29.9 Å². The summed E-state index contributed by atoms with van der Waals surface area (Å²) in [7, 11) is -1.74. The van der Waals surface area contributed by atoms with Crippen LogP contribution in [-0.2, 0) is 23.0 Å². The van der Waals surface area contributed by atoms with Crippen molar-refractivity contribution in [1.29, 1.82) is 0 Å². The van der Waals surface area contributed by atoms with Crippen molar-refractivity contribution < 1.29 is 12.8 Å². The van der Waals surface area contributed by atoms with Crippen molar-refractivity contribution >= 4 is 51.3 Å². The topological polar surface area (TPSA) is 73.8 Å². The molecule has 0 aliphatic heterocycles. The van der Waals surface area contributed by atoms with E-state index in [1.54, 1.807) is 26.1 Å². The first-order valence-electron chi connectivity index (χ1n) is 9.60. The molecule has 0 aliphatic rings. The third-order valence-electron chi connectivity index (χ3n) is 4.52. The van der Waals surface area contributed by atoms with E-state index in [4.69, 9.17) is 0 Å². The fraction of sp³-hybridized carbons (Fsp3) is 0.450. The van der Waals surface area contributed by atoms with Crippen LogP contribution >= 0.6 is 35.3 Å². The summed E-state index contributed by atoms with van der Waals surface area (Å²) >= 11 is 1.30. The molecule has 2 N–H and O–H groups in total. The van der Waals surface area contributed by atoms with Crippen LogP contribution in [0.3, 0.4) is 0 Å². The van der Waals surface area contributed by atoms with Gasteiger partial charge in [-0.3, -0.25) is 4.99 Å². The molecule has 0 amide bonds. The fourth-order valence-corrected chi connectivity index (χ4v) is 5.75. The second-order valence-electron chi connectivity index (χ2n) is 6.50. The molecule has 6 nitrogen and oxygen atoms in total. The molecule has 1 heterocycles. The number of hydrogen-bond donors (Lipinski definition) is 2. The Morgan fingerprint density at radius 2 is 1.87 bits per heavy atom. The first-order chi connectivity index (χ1) is 13.8. The number of guanidine groups is 1. The number of benzene rings is 1. The molecule has 0 saturated heterocycles. The lowest BCUT2D eigenvalue weighted by Gasteiger charge is -2.16. The monoisotopic (exact) mass is 568 g/mol. The van der Waals surface area contributed by atoms with E-state index in [9.17, 15) is 12.8 Å². The summed E-state index contributed by atoms with van der Waals surface area (Å²) < 4.78 is 40.6. The first-order valence-corrected chi connectivity index (χ1v) is 11.9. The number of nitrogens with one attached hydrogen (secondary N) is 2. The van der Waals surface area contributed by atoms with Gasteiger partial charge in [0, 0.05) is 38.1 Å². The number of sulfonamides is 1. The Kier molecular flexibility index (Phi) is 11.2. The normalized spacial score (nSPS) is 12.0. The maximum atomic E-state index is 13.6. The zero-order valence-corrected chi connectivity index (χ0v) is 21.7. The SMILES string of the molecule is CCN(CC)S(=O)(=O)c1ccc(CCNC(=NC)NCc2ccc(C)c(F)c2)s1.I. The smallest absolute Gasteiger partial charge is 0.252 e. The molecule has 0 fully saturated rings. The lowest BCUT2D eigenvalue weighted by atomic mass is 10.1. The van der Waals surface area contributed by atoms with Gasteiger partial charge in [0.1, 0.15) is 10.0 Å². The minimum atomic E-state index is -3.41. The molecule has 1 aromatic heterocycles. The molecule has 2 aromatic rings. The molecule has 0 atom stereocenters. The molecule has 0 spiro atoms. The largest absolute Gasteiger partial charge is 0.356 e. The highest BCUT2D eigenvalue weighted by molar-refractivity contribution is 14.0. The van der Waals surface area contributed by atoms with E-state index in [0.29, 0.717) is 48.3 Å². The van der Waals surface area contributed by atoms with Crippen molar-refractivity contribution in [2.24, 2.45) is 4.99 Å². The quantitative estimate of drug-likeness (QED) is 0.275. The zero-order chi connectivity index (χ0) is 21.4. The Bertz CT molecular complexity index is 944. The van der Waals surface area contributed by atoms with Gasteiger partial charge in [-0.15, -0.1) is 35.3 Å². The summed E-state index contributed by atoms with van der Waals surface area (Å²) in [6.07, 6.45) is 0.679. The third-order valence-corrected chi connectivity index (χ3v) is 8.18. The summed E-state index contributed by atoms with van der Waals surface area (Å²) in [5, 5.41) is 6.35. The van der Waals surface area contributed by atoms with E-state index >= 15 is 0 Å². The summed E-state index contributed by atoms with van der Waals surface area (Å²) in [6, 6.07) is 8.67. The molecule has 0 aliphatic carbocycles. The average Bonchev–Trinajstić information content (AvgIpc) is 3.17. The maximum absolute atomic E-state index is 13.6. The van der Waals surface area contributed by atoms with Crippen LogP contribution in [0.4, 0.5) is 4.39 Å². The molecule has 0 bridgehead atoms. The lowest BCUT2D eigenvalue weighted by molar-refractivity contribution is 0.447. The summed E-state index contributed by atoms with van der Waals surface area (Å²) in [6.45, 7) is 7.39. The second kappa shape index (κ2) is 12.6. The average molecular weight is 569 g/mol. The highest BCUT2D eigenvalue weighted by Gasteiger charge is 2.23. The summed E-state index contributed by atoms with van der Waals surface area (Å²) in [4.78, 5) is 5.15. The van der Waals surface area contributed by atoms with Crippen LogP contribution in [-0.4, -0.2) is 45.4 Å². The van der Waals surface area contributed by atoms with Gasteiger partial charge >= 0.3 is 0 Å². The number of rotatable bonds is 9. The molecule has 2 rings (SSSR count). The van der Waals surface area contributed by atoms with E-state index in [1.165, 1.54) is 21.7 Å². The fourth-order valence-electron chi connectivity index (χ4n) is 2.78. The van der Waals surface area contributed by atoms with Gasteiger partial charge in [0.25, 0.3) is 10.0 Å². The van der Waals surface area contributed by atoms with Gasteiger partial charge in [-0.1, -0.05) is 26.0 Å². The number of nitrogens with zero attached hydrogens (tertiary/aromatic N) is 2. The molecule has 1 aromatic carbocycles. The van der Waals surface area contributed by atoms with Crippen molar-refractivity contribution in [3.63, 3.8) is 0 Å². The Morgan fingerprint density at radius 1 is 1.17 bits per heavy atom. The van der Waals surface area contributed by atoms with Crippen molar-refractivity contribution in [1.82, 2.24) is 14.9 Å². The number of halogens is 2. The van der Waals surface area contributed by atoms with E-state index in [-0.39, 0.29) is 29.8 Å². The van der Waals surface area contributed by atoms with Crippen molar-refractivity contribution in [3.05, 3.63) is 52.2 Å². The highest BCUT2D eigenvalue weighted by Crippen LogP contribution is 2.25. The van der Waals surface area contributed by atoms with E-state index < -0.39 is 10.0 Å². The Hall–Kier alpha value is -1.24. The van der Waals surface area contributed by atoms with Crippen LogP contribution in [0.2, 0.25) is 0 Å². The first kappa shape index (κ1) is 26.8. The lowest BCUT2D eigenvalue weighted by Crippen LogP contribution is -2.37. The number of hydrogen-bond acceptors (Lipinski definition) is 4. The number of thiophene rings is 1. The van der Waals surface area contributed by atoms with Crippen molar-refractivity contribution in [2.45, 2.75) is 37.9 Å². The Morgan fingerprint density at radius 3 is 2.47 bits per heavy atom. The summed E-state index contributed by atoms with van der Waals surface area (Å²) in [5.74, 6) is 0.388. The molecule has 0 saturated carbocycles. The zero-order valence-electron chi connectivity index (χ0n) is 17.7. The van der Waals surface area contributed by atoms with E-state index in [0.717, 1.165) is 10.4 Å². The van der Waals surface area contributed by atoms with Gasteiger partial charge in [0.05, 0.1) is 0 Å². The highest BCUT2D eigenvalue weighted by atomic mass is 127. The molecule has 168 valence electrons. The van der Waals surface area contributed by atoms with Gasteiger partial charge in [-0.2, -0.15) is 4.31 Å². The molecular formula is C20H30FIN4O2S2. The molecular weight excluding hydrogens is 538 g/mol. The maximum Gasteiger partial charge on any atom is 0.252 e. The predicted octanol–water partition coefficient (Wildman–Crippen LogP) is 3.75. The van der Waals surface area contributed by atoms with Gasteiger partial charge in [0.2, 0.25) is 0 Å². The van der Waals surface area contributed by atoms with Crippen molar-refractivity contribution in [2.75, 3.05) is 26.7 Å².